The topological polar surface area (TPSA) is 76.1 Å². The predicted molar refractivity (Wildman–Crippen MR) is 77.8 cm³/mol. The molecule has 0 heterocycles. The first kappa shape index (κ1) is 16.8. The quantitative estimate of drug-likeness (QED) is 0.788. The Hall–Kier alpha value is -2.24. The molecule has 0 aliphatic rings. The lowest BCUT2D eigenvalue weighted by molar-refractivity contribution is -0.144. The molecule has 1 rings (SSSR count). The standard InChI is InChI=1S/C15H21NO5/c1-4-7-16(10-15(18)19)14(17)9-11-8-12(20-2)5-6-13(11)21-3/h5-6,8H,4,7,9-10H2,1-3H3,(H,18,19). The van der Waals surface area contributed by atoms with Crippen molar-refractivity contribution >= 4 is 11.9 Å². The molecule has 6 heteroatoms. The lowest BCUT2D eigenvalue weighted by Gasteiger charge is -2.20. The third-order valence-corrected chi connectivity index (χ3v) is 3.00. The minimum absolute atomic E-state index is 0.0770. The van der Waals surface area contributed by atoms with Gasteiger partial charge in [0.05, 0.1) is 20.6 Å². The third kappa shape index (κ3) is 4.98. The second-order valence-corrected chi connectivity index (χ2v) is 4.56. The van der Waals surface area contributed by atoms with E-state index in [4.69, 9.17) is 14.6 Å². The van der Waals surface area contributed by atoms with Crippen LogP contribution in [0, 0.1) is 0 Å². The molecule has 6 nitrogen and oxygen atoms in total. The summed E-state index contributed by atoms with van der Waals surface area (Å²) in [4.78, 5) is 24.4. The molecule has 0 aliphatic heterocycles. The molecule has 116 valence electrons. The minimum Gasteiger partial charge on any atom is -0.497 e. The zero-order valence-electron chi connectivity index (χ0n) is 12.6. The molecule has 0 atom stereocenters. The number of benzene rings is 1. The van der Waals surface area contributed by atoms with Crippen molar-refractivity contribution in [2.24, 2.45) is 0 Å². The van der Waals surface area contributed by atoms with Crippen molar-refractivity contribution in [3.05, 3.63) is 23.8 Å². The highest BCUT2D eigenvalue weighted by atomic mass is 16.5. The second-order valence-electron chi connectivity index (χ2n) is 4.56. The first-order chi connectivity index (χ1) is 10.0. The maximum absolute atomic E-state index is 12.3. The molecular formula is C15H21NO5. The van der Waals surface area contributed by atoms with Gasteiger partial charge >= 0.3 is 5.97 Å². The molecule has 0 bridgehead atoms. The molecule has 0 aliphatic carbocycles. The van der Waals surface area contributed by atoms with E-state index in [-0.39, 0.29) is 18.9 Å². The Labute approximate surface area is 124 Å². The van der Waals surface area contributed by atoms with Crippen LogP contribution in [0.2, 0.25) is 0 Å². The molecule has 0 saturated heterocycles. The Kier molecular flexibility index (Phi) is 6.52. The highest BCUT2D eigenvalue weighted by Crippen LogP contribution is 2.24. The van der Waals surface area contributed by atoms with Crippen molar-refractivity contribution in [1.29, 1.82) is 0 Å². The number of rotatable bonds is 8. The van der Waals surface area contributed by atoms with Gasteiger partial charge in [0.15, 0.2) is 0 Å². The predicted octanol–water partition coefficient (Wildman–Crippen LogP) is 1.57. The lowest BCUT2D eigenvalue weighted by Crippen LogP contribution is -2.37. The van der Waals surface area contributed by atoms with Gasteiger partial charge in [-0.05, 0) is 24.6 Å². The molecule has 1 N–H and O–H groups in total. The van der Waals surface area contributed by atoms with Gasteiger partial charge in [-0.2, -0.15) is 0 Å². The van der Waals surface area contributed by atoms with Gasteiger partial charge in [0.25, 0.3) is 0 Å². The number of nitrogens with zero attached hydrogens (tertiary/aromatic N) is 1. The fourth-order valence-electron chi connectivity index (χ4n) is 2.02. The Morgan fingerprint density at radius 2 is 1.95 bits per heavy atom. The van der Waals surface area contributed by atoms with E-state index in [1.54, 1.807) is 25.3 Å². The van der Waals surface area contributed by atoms with Gasteiger partial charge in [-0.15, -0.1) is 0 Å². The average Bonchev–Trinajstić information content (AvgIpc) is 2.46. The van der Waals surface area contributed by atoms with E-state index < -0.39 is 5.97 Å². The van der Waals surface area contributed by atoms with Crippen molar-refractivity contribution in [3.8, 4) is 11.5 Å². The van der Waals surface area contributed by atoms with Gasteiger partial charge in [-0.25, -0.2) is 0 Å². The fraction of sp³-hybridized carbons (Fsp3) is 0.467. The molecule has 1 aromatic rings. The molecule has 0 fully saturated rings. The summed E-state index contributed by atoms with van der Waals surface area (Å²) in [6, 6.07) is 5.19. The highest BCUT2D eigenvalue weighted by molar-refractivity contribution is 5.83. The SMILES string of the molecule is CCCN(CC(=O)O)C(=O)Cc1cc(OC)ccc1OC. The normalized spacial score (nSPS) is 10.0. The number of amides is 1. The highest BCUT2D eigenvalue weighted by Gasteiger charge is 2.18. The summed E-state index contributed by atoms with van der Waals surface area (Å²) < 4.78 is 10.4. The first-order valence-corrected chi connectivity index (χ1v) is 6.72. The molecule has 0 unspecified atom stereocenters. The van der Waals surface area contributed by atoms with Crippen LogP contribution in [-0.4, -0.2) is 49.2 Å². The van der Waals surface area contributed by atoms with Crippen LogP contribution >= 0.6 is 0 Å². The average molecular weight is 295 g/mol. The number of aliphatic carboxylic acids is 1. The van der Waals surface area contributed by atoms with Crippen molar-refractivity contribution in [2.45, 2.75) is 19.8 Å². The van der Waals surface area contributed by atoms with Crippen LogP contribution in [0.3, 0.4) is 0 Å². The summed E-state index contributed by atoms with van der Waals surface area (Å²) in [6.07, 6.45) is 0.780. The van der Waals surface area contributed by atoms with E-state index in [0.29, 0.717) is 30.0 Å². The third-order valence-electron chi connectivity index (χ3n) is 3.00. The summed E-state index contributed by atoms with van der Waals surface area (Å²) in [5.41, 5.74) is 0.674. The number of carbonyl (C=O) groups excluding carboxylic acids is 1. The Bertz CT molecular complexity index is 501. The van der Waals surface area contributed by atoms with Crippen molar-refractivity contribution in [2.75, 3.05) is 27.3 Å². The molecule has 0 aromatic heterocycles. The van der Waals surface area contributed by atoms with Crippen LogP contribution in [0.4, 0.5) is 0 Å². The number of hydrogen-bond donors (Lipinski definition) is 1. The van der Waals surface area contributed by atoms with Gasteiger partial charge < -0.3 is 19.5 Å². The van der Waals surface area contributed by atoms with Crippen LogP contribution in [0.1, 0.15) is 18.9 Å². The van der Waals surface area contributed by atoms with Crippen LogP contribution in [0.25, 0.3) is 0 Å². The number of hydrogen-bond acceptors (Lipinski definition) is 4. The minimum atomic E-state index is -1.02. The monoisotopic (exact) mass is 295 g/mol. The second kappa shape index (κ2) is 8.14. The van der Waals surface area contributed by atoms with Crippen molar-refractivity contribution in [1.82, 2.24) is 4.90 Å². The maximum Gasteiger partial charge on any atom is 0.323 e. The van der Waals surface area contributed by atoms with E-state index in [2.05, 4.69) is 0 Å². The molecule has 0 radical (unpaired) electrons. The van der Waals surface area contributed by atoms with E-state index >= 15 is 0 Å². The summed E-state index contributed by atoms with van der Waals surface area (Å²) in [5, 5.41) is 8.87. The number of ether oxygens (including phenoxy) is 2. The van der Waals surface area contributed by atoms with Gasteiger partial charge in [-0.1, -0.05) is 6.92 Å². The van der Waals surface area contributed by atoms with Gasteiger partial charge in [-0.3, -0.25) is 9.59 Å². The number of carboxylic acids is 1. The molecule has 0 spiro atoms. The van der Waals surface area contributed by atoms with Crippen LogP contribution in [0.15, 0.2) is 18.2 Å². The van der Waals surface area contributed by atoms with Crippen molar-refractivity contribution < 1.29 is 24.2 Å². The Morgan fingerprint density at radius 3 is 2.48 bits per heavy atom. The molecule has 1 aromatic carbocycles. The Morgan fingerprint density at radius 1 is 1.24 bits per heavy atom. The van der Waals surface area contributed by atoms with Crippen LogP contribution in [-0.2, 0) is 16.0 Å². The smallest absolute Gasteiger partial charge is 0.323 e. The van der Waals surface area contributed by atoms with Gasteiger partial charge in [0.1, 0.15) is 18.0 Å². The summed E-state index contributed by atoms with van der Waals surface area (Å²) >= 11 is 0. The summed E-state index contributed by atoms with van der Waals surface area (Å²) in [5.74, 6) is -0.0602. The van der Waals surface area contributed by atoms with Gasteiger partial charge in [0, 0.05) is 12.1 Å². The summed E-state index contributed by atoms with van der Waals surface area (Å²) in [6.45, 7) is 2.02. The zero-order valence-corrected chi connectivity index (χ0v) is 12.6. The lowest BCUT2D eigenvalue weighted by atomic mass is 10.1. The largest absolute Gasteiger partial charge is 0.497 e. The van der Waals surface area contributed by atoms with E-state index in [1.165, 1.54) is 12.0 Å². The summed E-state index contributed by atoms with van der Waals surface area (Å²) in [7, 11) is 3.07. The van der Waals surface area contributed by atoms with Crippen molar-refractivity contribution in [3.63, 3.8) is 0 Å². The number of carbonyl (C=O) groups is 2. The molecule has 1 amide bonds. The fourth-order valence-corrected chi connectivity index (χ4v) is 2.02. The van der Waals surface area contributed by atoms with E-state index in [9.17, 15) is 9.59 Å². The first-order valence-electron chi connectivity index (χ1n) is 6.72. The van der Waals surface area contributed by atoms with E-state index in [1.807, 2.05) is 6.92 Å². The zero-order chi connectivity index (χ0) is 15.8. The molecule has 0 saturated carbocycles. The van der Waals surface area contributed by atoms with Crippen LogP contribution in [0.5, 0.6) is 11.5 Å². The maximum atomic E-state index is 12.3. The molecule has 21 heavy (non-hydrogen) atoms. The number of methoxy groups -OCH3 is 2. The van der Waals surface area contributed by atoms with E-state index in [0.717, 1.165) is 0 Å². The van der Waals surface area contributed by atoms with Crippen LogP contribution < -0.4 is 9.47 Å². The Balaban J connectivity index is 2.91. The molecular weight excluding hydrogens is 274 g/mol. The van der Waals surface area contributed by atoms with Gasteiger partial charge in [0.2, 0.25) is 5.91 Å². The number of carboxylic acid groups (broad SMARTS) is 1.